The molecule has 2 aromatic rings. The van der Waals surface area contributed by atoms with Crippen LogP contribution in [0.3, 0.4) is 0 Å². The van der Waals surface area contributed by atoms with Crippen molar-refractivity contribution in [3.05, 3.63) is 30.6 Å². The van der Waals surface area contributed by atoms with Crippen molar-refractivity contribution in [2.24, 2.45) is 5.92 Å². The van der Waals surface area contributed by atoms with Crippen molar-refractivity contribution in [1.29, 1.82) is 0 Å². The summed E-state index contributed by atoms with van der Waals surface area (Å²) < 4.78 is 5.41. The lowest BCUT2D eigenvalue weighted by Crippen LogP contribution is -2.40. The molecule has 2 aliphatic heterocycles. The molecule has 28 heavy (non-hydrogen) atoms. The van der Waals surface area contributed by atoms with E-state index in [9.17, 15) is 4.79 Å². The average Bonchev–Trinajstić information content (AvgIpc) is 2.70. The lowest BCUT2D eigenvalue weighted by Gasteiger charge is -2.29. The second kappa shape index (κ2) is 8.02. The second-order valence-corrected chi connectivity index (χ2v) is 7.53. The van der Waals surface area contributed by atoms with Crippen molar-refractivity contribution in [3.8, 4) is 0 Å². The smallest absolute Gasteiger partial charge is 0.247 e. The number of carbonyl (C=O) groups excluding carboxylic acids is 1. The van der Waals surface area contributed by atoms with Crippen LogP contribution in [0.15, 0.2) is 30.6 Å². The first-order chi connectivity index (χ1) is 13.6. The van der Waals surface area contributed by atoms with Crippen molar-refractivity contribution in [2.75, 3.05) is 47.2 Å². The highest BCUT2D eigenvalue weighted by Gasteiger charge is 2.29. The fraction of sp³-hybridized carbons (Fsp3) is 0.450. The SMILES string of the molecule is CC(C)CC1Nc2ncnc(Nc3ccc(N4CCOCC4)cc3)c2NC1=O. The van der Waals surface area contributed by atoms with Gasteiger partial charge in [0.2, 0.25) is 5.91 Å². The molecule has 2 aliphatic rings. The van der Waals surface area contributed by atoms with E-state index in [1.165, 1.54) is 12.0 Å². The summed E-state index contributed by atoms with van der Waals surface area (Å²) in [6.07, 6.45) is 2.25. The van der Waals surface area contributed by atoms with Gasteiger partial charge in [-0.15, -0.1) is 0 Å². The zero-order chi connectivity index (χ0) is 19.5. The Labute approximate surface area is 164 Å². The van der Waals surface area contributed by atoms with E-state index in [1.807, 2.05) is 12.1 Å². The first-order valence-electron chi connectivity index (χ1n) is 9.72. The Morgan fingerprint density at radius 3 is 2.68 bits per heavy atom. The number of morpholine rings is 1. The Kier molecular flexibility index (Phi) is 5.29. The molecule has 148 valence electrons. The lowest BCUT2D eigenvalue weighted by molar-refractivity contribution is -0.117. The molecule has 4 rings (SSSR count). The first-order valence-corrected chi connectivity index (χ1v) is 9.72. The van der Waals surface area contributed by atoms with Crippen LogP contribution in [0.25, 0.3) is 0 Å². The minimum Gasteiger partial charge on any atom is -0.378 e. The summed E-state index contributed by atoms with van der Waals surface area (Å²) in [6.45, 7) is 7.52. The third-order valence-corrected chi connectivity index (χ3v) is 4.94. The number of hydrogen-bond donors (Lipinski definition) is 3. The highest BCUT2D eigenvalue weighted by atomic mass is 16.5. The zero-order valence-corrected chi connectivity index (χ0v) is 16.2. The average molecular weight is 382 g/mol. The van der Waals surface area contributed by atoms with Gasteiger partial charge in [0.15, 0.2) is 11.6 Å². The number of nitrogens with one attached hydrogen (secondary N) is 3. The predicted octanol–water partition coefficient (Wildman–Crippen LogP) is 2.84. The van der Waals surface area contributed by atoms with Crippen molar-refractivity contribution in [3.63, 3.8) is 0 Å². The topological polar surface area (TPSA) is 91.4 Å². The summed E-state index contributed by atoms with van der Waals surface area (Å²) in [4.78, 5) is 23.4. The minimum absolute atomic E-state index is 0.0540. The van der Waals surface area contributed by atoms with Crippen LogP contribution in [0.1, 0.15) is 20.3 Å². The molecular weight excluding hydrogens is 356 g/mol. The van der Waals surface area contributed by atoms with Crippen molar-refractivity contribution < 1.29 is 9.53 Å². The van der Waals surface area contributed by atoms with Crippen LogP contribution in [0.4, 0.5) is 28.7 Å². The van der Waals surface area contributed by atoms with E-state index in [2.05, 4.69) is 56.8 Å². The van der Waals surface area contributed by atoms with Gasteiger partial charge < -0.3 is 25.6 Å². The van der Waals surface area contributed by atoms with Gasteiger partial charge in [0.05, 0.1) is 13.2 Å². The molecule has 1 aromatic carbocycles. The van der Waals surface area contributed by atoms with E-state index < -0.39 is 0 Å². The van der Waals surface area contributed by atoms with Crippen LogP contribution in [0.2, 0.25) is 0 Å². The van der Waals surface area contributed by atoms with Crippen LogP contribution in [-0.4, -0.2) is 48.2 Å². The van der Waals surface area contributed by atoms with Crippen molar-refractivity contribution >= 4 is 34.6 Å². The zero-order valence-electron chi connectivity index (χ0n) is 16.2. The van der Waals surface area contributed by atoms with Gasteiger partial charge in [-0.05, 0) is 36.6 Å². The maximum absolute atomic E-state index is 12.4. The number of amides is 1. The third-order valence-electron chi connectivity index (χ3n) is 4.94. The van der Waals surface area contributed by atoms with E-state index in [0.29, 0.717) is 23.2 Å². The van der Waals surface area contributed by atoms with E-state index >= 15 is 0 Å². The molecule has 8 nitrogen and oxygen atoms in total. The van der Waals surface area contributed by atoms with Crippen LogP contribution in [-0.2, 0) is 9.53 Å². The highest BCUT2D eigenvalue weighted by molar-refractivity contribution is 6.05. The van der Waals surface area contributed by atoms with Gasteiger partial charge in [0.25, 0.3) is 0 Å². The minimum atomic E-state index is -0.275. The lowest BCUT2D eigenvalue weighted by atomic mass is 10.0. The molecular formula is C20H26N6O2. The summed E-state index contributed by atoms with van der Waals surface area (Å²) >= 11 is 0. The Balaban J connectivity index is 1.49. The fourth-order valence-corrected chi connectivity index (χ4v) is 3.50. The molecule has 1 aromatic heterocycles. The normalized spacial score (nSPS) is 19.0. The molecule has 1 atom stereocenters. The van der Waals surface area contributed by atoms with Gasteiger partial charge in [-0.1, -0.05) is 13.8 Å². The molecule has 8 heteroatoms. The summed E-state index contributed by atoms with van der Waals surface area (Å²) in [5, 5.41) is 9.48. The number of fused-ring (bicyclic) bond motifs is 1. The maximum atomic E-state index is 12.4. The number of nitrogens with zero attached hydrogens (tertiary/aromatic N) is 3. The van der Waals surface area contributed by atoms with Crippen molar-refractivity contribution in [2.45, 2.75) is 26.3 Å². The van der Waals surface area contributed by atoms with E-state index in [4.69, 9.17) is 4.74 Å². The molecule has 1 unspecified atom stereocenters. The van der Waals surface area contributed by atoms with Gasteiger partial charge in [-0.2, -0.15) is 0 Å². The molecule has 1 amide bonds. The number of rotatable bonds is 5. The van der Waals surface area contributed by atoms with E-state index in [0.717, 1.165) is 38.4 Å². The van der Waals surface area contributed by atoms with Crippen molar-refractivity contribution in [1.82, 2.24) is 9.97 Å². The second-order valence-electron chi connectivity index (χ2n) is 7.53. The molecule has 3 heterocycles. The summed E-state index contributed by atoms with van der Waals surface area (Å²) in [5.74, 6) is 1.58. The van der Waals surface area contributed by atoms with Crippen LogP contribution >= 0.6 is 0 Å². The van der Waals surface area contributed by atoms with E-state index in [-0.39, 0.29) is 11.9 Å². The quantitative estimate of drug-likeness (QED) is 0.732. The van der Waals surface area contributed by atoms with Gasteiger partial charge in [-0.25, -0.2) is 9.97 Å². The van der Waals surface area contributed by atoms with Gasteiger partial charge in [0.1, 0.15) is 18.1 Å². The molecule has 1 fully saturated rings. The van der Waals surface area contributed by atoms with Gasteiger partial charge in [-0.3, -0.25) is 4.79 Å². The summed E-state index contributed by atoms with van der Waals surface area (Å²) in [7, 11) is 0. The van der Waals surface area contributed by atoms with Crippen LogP contribution in [0.5, 0.6) is 0 Å². The molecule has 1 saturated heterocycles. The Hall–Kier alpha value is -2.87. The van der Waals surface area contributed by atoms with E-state index in [1.54, 1.807) is 0 Å². The number of hydrogen-bond acceptors (Lipinski definition) is 7. The van der Waals surface area contributed by atoms with Crippen LogP contribution in [0, 0.1) is 5.92 Å². The number of anilines is 5. The standard InChI is InChI=1S/C20H26N6O2/c1-13(2)11-16-20(27)25-17-18(21-12-22-19(17)24-16)23-14-3-5-15(6-4-14)26-7-9-28-10-8-26/h3-6,12-13,16H,7-11H2,1-2H3,(H,25,27)(H2,21,22,23,24). The fourth-order valence-electron chi connectivity index (χ4n) is 3.50. The number of ether oxygens (including phenoxy) is 1. The monoisotopic (exact) mass is 382 g/mol. The first kappa shape index (κ1) is 18.5. The Morgan fingerprint density at radius 1 is 1.21 bits per heavy atom. The number of aromatic nitrogens is 2. The maximum Gasteiger partial charge on any atom is 0.247 e. The van der Waals surface area contributed by atoms with Gasteiger partial charge in [0, 0.05) is 24.5 Å². The summed E-state index contributed by atoms with van der Waals surface area (Å²) in [5.41, 5.74) is 2.66. The highest BCUT2D eigenvalue weighted by Crippen LogP contribution is 2.33. The van der Waals surface area contributed by atoms with Crippen LogP contribution < -0.4 is 20.9 Å². The third kappa shape index (κ3) is 4.01. The summed E-state index contributed by atoms with van der Waals surface area (Å²) in [6, 6.07) is 7.91. The number of benzene rings is 1. The largest absolute Gasteiger partial charge is 0.378 e. The predicted molar refractivity (Wildman–Crippen MR) is 110 cm³/mol. The number of carbonyl (C=O) groups is 1. The molecule has 0 radical (unpaired) electrons. The molecule has 3 N–H and O–H groups in total. The Morgan fingerprint density at radius 2 is 1.96 bits per heavy atom. The molecule has 0 bridgehead atoms. The molecule has 0 spiro atoms. The molecule has 0 saturated carbocycles. The Bertz CT molecular complexity index is 833. The molecule has 0 aliphatic carbocycles. The van der Waals surface area contributed by atoms with Gasteiger partial charge >= 0.3 is 0 Å².